The van der Waals surface area contributed by atoms with E-state index < -0.39 is 6.04 Å². The van der Waals surface area contributed by atoms with Gasteiger partial charge in [0, 0.05) is 13.0 Å². The van der Waals surface area contributed by atoms with Crippen molar-refractivity contribution in [2.75, 3.05) is 13.1 Å². The van der Waals surface area contributed by atoms with E-state index >= 15 is 0 Å². The maximum atomic E-state index is 12.3. The smallest absolute Gasteiger partial charge is 0.225 e. The van der Waals surface area contributed by atoms with Crippen LogP contribution in [0.25, 0.3) is 11.1 Å². The van der Waals surface area contributed by atoms with Crippen LogP contribution in [0.1, 0.15) is 24.0 Å². The fourth-order valence-electron chi connectivity index (χ4n) is 3.30. The molecule has 2 atom stereocenters. The van der Waals surface area contributed by atoms with E-state index in [1.807, 2.05) is 36.4 Å². The molecule has 0 unspecified atom stereocenters. The van der Waals surface area contributed by atoms with Crippen molar-refractivity contribution < 1.29 is 4.79 Å². The molecule has 2 aromatic rings. The molecule has 1 heterocycles. The second-order valence-electron chi connectivity index (χ2n) is 6.82. The molecule has 2 aromatic carbocycles. The number of hydrogen-bond donors (Lipinski definition) is 2. The first-order valence-electron chi connectivity index (χ1n) is 9.20. The largest absolute Gasteiger partial charge is 0.340 e. The van der Waals surface area contributed by atoms with Gasteiger partial charge in [0.15, 0.2) is 0 Å². The van der Waals surface area contributed by atoms with Crippen LogP contribution in [-0.4, -0.2) is 25.0 Å². The van der Waals surface area contributed by atoms with Crippen LogP contribution in [0.4, 0.5) is 0 Å². The average Bonchev–Trinajstić information content (AvgIpc) is 2.74. The number of nitrogens with zero attached hydrogens (tertiary/aromatic N) is 2. The first-order valence-corrected chi connectivity index (χ1v) is 9.20. The highest BCUT2D eigenvalue weighted by atomic mass is 16.2. The van der Waals surface area contributed by atoms with Gasteiger partial charge in [-0.1, -0.05) is 36.4 Å². The normalized spacial score (nSPS) is 17.3. The summed E-state index contributed by atoms with van der Waals surface area (Å²) in [5, 5.41) is 24.4. The molecule has 0 radical (unpaired) electrons. The second-order valence-corrected chi connectivity index (χ2v) is 6.82. The van der Waals surface area contributed by atoms with Crippen LogP contribution in [0, 0.1) is 28.6 Å². The van der Waals surface area contributed by atoms with Gasteiger partial charge in [-0.05, 0) is 48.2 Å². The minimum absolute atomic E-state index is 0.0389. The molecule has 0 aromatic heterocycles. The number of rotatable bonds is 5. The lowest BCUT2D eigenvalue weighted by atomic mass is 9.97. The van der Waals surface area contributed by atoms with Crippen LogP contribution in [0.5, 0.6) is 0 Å². The van der Waals surface area contributed by atoms with Gasteiger partial charge < -0.3 is 10.6 Å². The lowest BCUT2D eigenvalue weighted by Crippen LogP contribution is -2.44. The van der Waals surface area contributed by atoms with E-state index in [1.54, 1.807) is 12.1 Å². The number of nitriles is 2. The summed E-state index contributed by atoms with van der Waals surface area (Å²) in [6.07, 6.45) is 2.35. The molecule has 3 rings (SSSR count). The van der Waals surface area contributed by atoms with Crippen molar-refractivity contribution in [1.82, 2.24) is 10.6 Å². The van der Waals surface area contributed by atoms with Crippen LogP contribution >= 0.6 is 0 Å². The molecule has 1 amide bonds. The number of carbonyl (C=O) groups excluding carboxylic acids is 1. The number of nitrogens with one attached hydrogen (secondary N) is 2. The Morgan fingerprint density at radius 2 is 1.78 bits per heavy atom. The van der Waals surface area contributed by atoms with E-state index in [0.29, 0.717) is 18.5 Å². The highest BCUT2D eigenvalue weighted by Gasteiger charge is 2.23. The van der Waals surface area contributed by atoms with Crippen molar-refractivity contribution in [2.24, 2.45) is 5.92 Å². The van der Waals surface area contributed by atoms with E-state index in [4.69, 9.17) is 5.26 Å². The Bertz CT molecular complexity index is 853. The summed E-state index contributed by atoms with van der Waals surface area (Å²) in [5.41, 5.74) is 3.72. The van der Waals surface area contributed by atoms with Crippen molar-refractivity contribution in [1.29, 1.82) is 10.5 Å². The lowest BCUT2D eigenvalue weighted by Gasteiger charge is -2.23. The molecule has 0 saturated carbocycles. The highest BCUT2D eigenvalue weighted by molar-refractivity contribution is 5.79. The fraction of sp³-hybridized carbons (Fsp3) is 0.318. The first-order chi connectivity index (χ1) is 13.2. The maximum Gasteiger partial charge on any atom is 0.225 e. The van der Waals surface area contributed by atoms with Gasteiger partial charge in [0.25, 0.3) is 0 Å². The molecular formula is C22H22N4O. The van der Waals surface area contributed by atoms with E-state index in [-0.39, 0.29) is 11.8 Å². The highest BCUT2D eigenvalue weighted by Crippen LogP contribution is 2.21. The monoisotopic (exact) mass is 358 g/mol. The van der Waals surface area contributed by atoms with Gasteiger partial charge in [0.1, 0.15) is 6.04 Å². The molecule has 5 nitrogen and oxygen atoms in total. The molecule has 0 bridgehead atoms. The van der Waals surface area contributed by atoms with E-state index in [2.05, 4.69) is 22.8 Å². The van der Waals surface area contributed by atoms with Gasteiger partial charge in [-0.2, -0.15) is 10.5 Å². The summed E-state index contributed by atoms with van der Waals surface area (Å²) in [5.74, 6) is -0.0867. The molecule has 0 spiro atoms. The molecule has 136 valence electrons. The molecular weight excluding hydrogens is 336 g/mol. The molecule has 0 aliphatic carbocycles. The predicted molar refractivity (Wildman–Crippen MR) is 103 cm³/mol. The summed E-state index contributed by atoms with van der Waals surface area (Å²) in [4.78, 5) is 12.3. The van der Waals surface area contributed by atoms with Gasteiger partial charge in [-0.25, -0.2) is 0 Å². The van der Waals surface area contributed by atoms with Gasteiger partial charge in [0.05, 0.1) is 23.6 Å². The Labute approximate surface area is 159 Å². The van der Waals surface area contributed by atoms with Crippen LogP contribution in [0.15, 0.2) is 48.5 Å². The molecule has 1 saturated heterocycles. The Morgan fingerprint density at radius 1 is 1.11 bits per heavy atom. The zero-order valence-electron chi connectivity index (χ0n) is 15.1. The maximum absolute atomic E-state index is 12.3. The third-order valence-corrected chi connectivity index (χ3v) is 4.88. The fourth-order valence-corrected chi connectivity index (χ4v) is 3.30. The quantitative estimate of drug-likeness (QED) is 0.860. The Hall–Kier alpha value is -3.15. The summed E-state index contributed by atoms with van der Waals surface area (Å²) >= 11 is 0. The first kappa shape index (κ1) is 18.6. The van der Waals surface area contributed by atoms with Crippen molar-refractivity contribution in [3.8, 4) is 23.3 Å². The zero-order valence-corrected chi connectivity index (χ0v) is 15.1. The number of piperidine rings is 1. The topological polar surface area (TPSA) is 88.7 Å². The third kappa shape index (κ3) is 4.94. The Kier molecular flexibility index (Phi) is 6.20. The predicted octanol–water partition coefficient (Wildman–Crippen LogP) is 2.78. The van der Waals surface area contributed by atoms with E-state index in [9.17, 15) is 10.1 Å². The molecule has 1 aliphatic heterocycles. The Morgan fingerprint density at radius 3 is 2.33 bits per heavy atom. The van der Waals surface area contributed by atoms with Crippen molar-refractivity contribution in [3.63, 3.8) is 0 Å². The van der Waals surface area contributed by atoms with E-state index in [1.165, 1.54) is 0 Å². The van der Waals surface area contributed by atoms with Gasteiger partial charge in [0.2, 0.25) is 5.91 Å². The SMILES string of the molecule is N#Cc1ccc(-c2ccc(C[C@@H](C#N)NC(=O)[C@@H]3CCCNC3)cc2)cc1. The lowest BCUT2D eigenvalue weighted by molar-refractivity contribution is -0.125. The summed E-state index contributed by atoms with van der Waals surface area (Å²) in [6, 6.07) is 19.2. The van der Waals surface area contributed by atoms with E-state index in [0.717, 1.165) is 36.1 Å². The summed E-state index contributed by atoms with van der Waals surface area (Å²) < 4.78 is 0. The van der Waals surface area contributed by atoms with Gasteiger partial charge in [-0.3, -0.25) is 4.79 Å². The number of benzene rings is 2. The van der Waals surface area contributed by atoms with Crippen LogP contribution in [0.2, 0.25) is 0 Å². The van der Waals surface area contributed by atoms with Gasteiger partial charge >= 0.3 is 0 Å². The third-order valence-electron chi connectivity index (χ3n) is 4.88. The molecule has 27 heavy (non-hydrogen) atoms. The number of carbonyl (C=O) groups is 1. The van der Waals surface area contributed by atoms with Crippen LogP contribution in [0.3, 0.4) is 0 Å². The van der Waals surface area contributed by atoms with Crippen LogP contribution < -0.4 is 10.6 Å². The Balaban J connectivity index is 1.61. The molecule has 1 aliphatic rings. The average molecular weight is 358 g/mol. The second kappa shape index (κ2) is 8.98. The zero-order chi connectivity index (χ0) is 19.1. The van der Waals surface area contributed by atoms with Crippen molar-refractivity contribution in [3.05, 3.63) is 59.7 Å². The van der Waals surface area contributed by atoms with Gasteiger partial charge in [-0.15, -0.1) is 0 Å². The van der Waals surface area contributed by atoms with Crippen molar-refractivity contribution in [2.45, 2.75) is 25.3 Å². The molecule has 5 heteroatoms. The van der Waals surface area contributed by atoms with Crippen LogP contribution in [-0.2, 0) is 11.2 Å². The molecule has 1 fully saturated rings. The minimum atomic E-state index is -0.528. The van der Waals surface area contributed by atoms with Crippen molar-refractivity contribution >= 4 is 5.91 Å². The number of hydrogen-bond acceptors (Lipinski definition) is 4. The summed E-state index contributed by atoms with van der Waals surface area (Å²) in [7, 11) is 0. The minimum Gasteiger partial charge on any atom is -0.340 e. The summed E-state index contributed by atoms with van der Waals surface area (Å²) in [6.45, 7) is 1.64. The molecule has 2 N–H and O–H groups in total. The standard InChI is InChI=1S/C22H22N4O/c23-13-17-5-9-19(10-6-17)18-7-3-16(4-8-18)12-21(14-24)26-22(27)20-2-1-11-25-15-20/h3-10,20-21,25H,1-2,11-12,15H2,(H,26,27)/t20-,21+/m1/s1. The number of amides is 1.